The standard InChI is InChI=1S/C22H29N3O2S/c1-4-25(16(2)3)19-11-9-18(10-12-19)23-21(26)17-7-5-13-24(15-17)22(27)20-8-6-14-28-20/h6,8-12,14,16-17H,4-5,7,13,15H2,1-3H3,(H,23,26). The van der Waals surface area contributed by atoms with Crippen molar-refractivity contribution in [1.82, 2.24) is 4.90 Å². The molecule has 0 spiro atoms. The first-order chi connectivity index (χ1) is 13.5. The van der Waals surface area contributed by atoms with Gasteiger partial charge in [0.25, 0.3) is 5.91 Å². The van der Waals surface area contributed by atoms with E-state index < -0.39 is 0 Å². The summed E-state index contributed by atoms with van der Waals surface area (Å²) >= 11 is 1.45. The number of anilines is 2. The maximum absolute atomic E-state index is 12.7. The zero-order valence-electron chi connectivity index (χ0n) is 16.9. The Labute approximate surface area is 171 Å². The average Bonchev–Trinajstić information content (AvgIpc) is 3.24. The minimum atomic E-state index is -0.167. The lowest BCUT2D eigenvalue weighted by Gasteiger charge is -2.32. The second-order valence-corrected chi connectivity index (χ2v) is 8.43. The van der Waals surface area contributed by atoms with Crippen LogP contribution in [0.4, 0.5) is 11.4 Å². The van der Waals surface area contributed by atoms with Gasteiger partial charge in [-0.1, -0.05) is 6.07 Å². The molecule has 2 heterocycles. The van der Waals surface area contributed by atoms with E-state index in [1.807, 2.05) is 46.7 Å². The van der Waals surface area contributed by atoms with Crippen molar-refractivity contribution in [3.63, 3.8) is 0 Å². The summed E-state index contributed by atoms with van der Waals surface area (Å²) in [6, 6.07) is 12.2. The Hall–Kier alpha value is -2.34. The number of hydrogen-bond donors (Lipinski definition) is 1. The van der Waals surface area contributed by atoms with Gasteiger partial charge in [0.15, 0.2) is 0 Å². The Morgan fingerprint density at radius 2 is 2.00 bits per heavy atom. The topological polar surface area (TPSA) is 52.7 Å². The van der Waals surface area contributed by atoms with Gasteiger partial charge in [-0.2, -0.15) is 0 Å². The Bertz CT molecular complexity index is 787. The average molecular weight is 400 g/mol. The molecule has 0 radical (unpaired) electrons. The number of hydrogen-bond acceptors (Lipinski definition) is 4. The molecule has 6 heteroatoms. The second-order valence-electron chi connectivity index (χ2n) is 7.48. The van der Waals surface area contributed by atoms with Crippen molar-refractivity contribution in [1.29, 1.82) is 0 Å². The molecule has 0 saturated carbocycles. The third-order valence-electron chi connectivity index (χ3n) is 5.24. The van der Waals surface area contributed by atoms with Gasteiger partial charge in [-0.05, 0) is 69.3 Å². The molecule has 150 valence electrons. The molecule has 1 fully saturated rings. The molecule has 0 aliphatic carbocycles. The Kier molecular flexibility index (Phi) is 6.73. The quantitative estimate of drug-likeness (QED) is 0.779. The number of thiophene rings is 1. The zero-order valence-corrected chi connectivity index (χ0v) is 17.7. The van der Waals surface area contributed by atoms with Gasteiger partial charge in [-0.3, -0.25) is 9.59 Å². The number of nitrogens with zero attached hydrogens (tertiary/aromatic N) is 2. The van der Waals surface area contributed by atoms with Crippen molar-refractivity contribution in [2.75, 3.05) is 29.9 Å². The maximum Gasteiger partial charge on any atom is 0.263 e. The highest BCUT2D eigenvalue weighted by atomic mass is 32.1. The summed E-state index contributed by atoms with van der Waals surface area (Å²) in [4.78, 5) is 30.2. The van der Waals surface area contributed by atoms with E-state index in [0.29, 0.717) is 12.6 Å². The van der Waals surface area contributed by atoms with Gasteiger partial charge in [-0.15, -0.1) is 11.3 Å². The van der Waals surface area contributed by atoms with Crippen LogP contribution in [0.1, 0.15) is 43.3 Å². The summed E-state index contributed by atoms with van der Waals surface area (Å²) in [5.41, 5.74) is 1.95. The van der Waals surface area contributed by atoms with Crippen molar-refractivity contribution >= 4 is 34.5 Å². The van der Waals surface area contributed by atoms with Crippen LogP contribution in [0.15, 0.2) is 41.8 Å². The van der Waals surface area contributed by atoms with Crippen LogP contribution in [-0.2, 0) is 4.79 Å². The van der Waals surface area contributed by atoms with Gasteiger partial charge >= 0.3 is 0 Å². The molecule has 1 unspecified atom stereocenters. The number of amides is 2. The Balaban J connectivity index is 1.60. The number of benzene rings is 1. The van der Waals surface area contributed by atoms with Crippen molar-refractivity contribution < 1.29 is 9.59 Å². The van der Waals surface area contributed by atoms with Crippen LogP contribution in [0.2, 0.25) is 0 Å². The first-order valence-corrected chi connectivity index (χ1v) is 10.9. The minimum absolute atomic E-state index is 0.00682. The monoisotopic (exact) mass is 399 g/mol. The fraction of sp³-hybridized carbons (Fsp3) is 0.455. The predicted octanol–water partition coefficient (Wildman–Crippen LogP) is 4.47. The van der Waals surface area contributed by atoms with E-state index in [4.69, 9.17) is 0 Å². The summed E-state index contributed by atoms with van der Waals surface area (Å²) in [7, 11) is 0. The third kappa shape index (κ3) is 4.73. The van der Waals surface area contributed by atoms with Crippen LogP contribution < -0.4 is 10.2 Å². The van der Waals surface area contributed by atoms with E-state index in [9.17, 15) is 9.59 Å². The first-order valence-electron chi connectivity index (χ1n) is 10.00. The fourth-order valence-electron chi connectivity index (χ4n) is 3.76. The highest BCUT2D eigenvalue weighted by Crippen LogP contribution is 2.23. The number of carbonyl (C=O) groups excluding carboxylic acids is 2. The molecule has 1 saturated heterocycles. The van der Waals surface area contributed by atoms with Crippen molar-refractivity contribution in [3.8, 4) is 0 Å². The van der Waals surface area contributed by atoms with E-state index in [-0.39, 0.29) is 17.7 Å². The summed E-state index contributed by atoms with van der Waals surface area (Å²) in [5.74, 6) is -0.141. The normalized spacial score (nSPS) is 16.9. The van der Waals surface area contributed by atoms with Gasteiger partial charge in [0.05, 0.1) is 10.8 Å². The lowest BCUT2D eigenvalue weighted by atomic mass is 9.97. The molecule has 5 nitrogen and oxygen atoms in total. The van der Waals surface area contributed by atoms with E-state index in [1.165, 1.54) is 11.3 Å². The molecule has 2 amide bonds. The molecular weight excluding hydrogens is 370 g/mol. The minimum Gasteiger partial charge on any atom is -0.369 e. The number of piperidine rings is 1. The van der Waals surface area contributed by atoms with Crippen LogP contribution in [0, 0.1) is 5.92 Å². The smallest absolute Gasteiger partial charge is 0.263 e. The molecule has 1 aliphatic heterocycles. The third-order valence-corrected chi connectivity index (χ3v) is 6.10. The lowest BCUT2D eigenvalue weighted by molar-refractivity contribution is -0.121. The largest absolute Gasteiger partial charge is 0.369 e. The van der Waals surface area contributed by atoms with Crippen LogP contribution >= 0.6 is 11.3 Å². The molecular formula is C22H29N3O2S. The highest BCUT2D eigenvalue weighted by Gasteiger charge is 2.29. The van der Waals surface area contributed by atoms with Crippen LogP contribution in [0.3, 0.4) is 0 Å². The van der Waals surface area contributed by atoms with Gasteiger partial charge in [0.1, 0.15) is 0 Å². The predicted molar refractivity (Wildman–Crippen MR) is 116 cm³/mol. The summed E-state index contributed by atoms with van der Waals surface area (Å²) in [6.07, 6.45) is 1.67. The fourth-order valence-corrected chi connectivity index (χ4v) is 4.45. The Morgan fingerprint density at radius 3 is 2.61 bits per heavy atom. The molecule has 1 aromatic heterocycles. The number of rotatable bonds is 6. The van der Waals surface area contributed by atoms with Crippen molar-refractivity contribution in [2.24, 2.45) is 5.92 Å². The highest BCUT2D eigenvalue weighted by molar-refractivity contribution is 7.12. The van der Waals surface area contributed by atoms with E-state index in [2.05, 4.69) is 31.0 Å². The van der Waals surface area contributed by atoms with Crippen LogP contribution in [0.5, 0.6) is 0 Å². The van der Waals surface area contributed by atoms with E-state index >= 15 is 0 Å². The molecule has 3 rings (SSSR count). The van der Waals surface area contributed by atoms with Crippen LogP contribution in [-0.4, -0.2) is 42.4 Å². The van der Waals surface area contributed by atoms with Crippen molar-refractivity contribution in [3.05, 3.63) is 46.7 Å². The zero-order chi connectivity index (χ0) is 20.1. The number of nitrogens with one attached hydrogen (secondary N) is 1. The molecule has 2 aromatic rings. The molecule has 1 atom stereocenters. The first kappa shape index (κ1) is 20.4. The number of carbonyl (C=O) groups is 2. The molecule has 28 heavy (non-hydrogen) atoms. The second kappa shape index (κ2) is 9.24. The van der Waals surface area contributed by atoms with Gasteiger partial charge in [0.2, 0.25) is 5.91 Å². The maximum atomic E-state index is 12.7. The van der Waals surface area contributed by atoms with E-state index in [1.54, 1.807) is 0 Å². The molecule has 1 N–H and O–H groups in total. The van der Waals surface area contributed by atoms with Gasteiger partial charge in [0, 0.05) is 37.1 Å². The van der Waals surface area contributed by atoms with E-state index in [0.717, 1.165) is 42.2 Å². The Morgan fingerprint density at radius 1 is 1.25 bits per heavy atom. The summed E-state index contributed by atoms with van der Waals surface area (Å²) in [5, 5.41) is 4.93. The summed E-state index contributed by atoms with van der Waals surface area (Å²) < 4.78 is 0. The van der Waals surface area contributed by atoms with Gasteiger partial charge < -0.3 is 15.1 Å². The lowest BCUT2D eigenvalue weighted by Crippen LogP contribution is -2.43. The van der Waals surface area contributed by atoms with Crippen molar-refractivity contribution in [2.45, 2.75) is 39.7 Å². The molecule has 0 bridgehead atoms. The number of likely N-dealkylation sites (tertiary alicyclic amines) is 1. The molecule has 1 aliphatic rings. The molecule has 1 aromatic carbocycles. The SMILES string of the molecule is CCN(c1ccc(NC(=O)C2CCCN(C(=O)c3cccs3)C2)cc1)C(C)C. The summed E-state index contributed by atoms with van der Waals surface area (Å²) in [6.45, 7) is 8.63. The van der Waals surface area contributed by atoms with Gasteiger partial charge in [-0.25, -0.2) is 0 Å². The van der Waals surface area contributed by atoms with Crippen LogP contribution in [0.25, 0.3) is 0 Å².